The number of amides is 1. The van der Waals surface area contributed by atoms with Crippen LogP contribution in [0.3, 0.4) is 0 Å². The number of primary amides is 1. The van der Waals surface area contributed by atoms with E-state index in [1.807, 2.05) is 0 Å². The van der Waals surface area contributed by atoms with Crippen molar-refractivity contribution in [3.8, 4) is 6.07 Å². The number of alkyl halides is 6. The molecule has 1 aromatic rings. The molecule has 33 heavy (non-hydrogen) atoms. The predicted octanol–water partition coefficient (Wildman–Crippen LogP) is 5.72. The zero-order chi connectivity index (χ0) is 24.4. The van der Waals surface area contributed by atoms with Crippen LogP contribution in [0.4, 0.5) is 32.0 Å². The maximum Gasteiger partial charge on any atom is 0.417 e. The molecule has 1 aromatic carbocycles. The van der Waals surface area contributed by atoms with Crippen LogP contribution < -0.4 is 11.1 Å². The number of benzene rings is 1. The number of nitrogens with one attached hydrogen (secondary N) is 1. The molecule has 1 unspecified atom stereocenters. The van der Waals surface area contributed by atoms with Gasteiger partial charge in [0, 0.05) is 17.8 Å². The van der Waals surface area contributed by atoms with Gasteiger partial charge in [-0.2, -0.15) is 31.6 Å². The van der Waals surface area contributed by atoms with E-state index < -0.39 is 47.1 Å². The Kier molecular flexibility index (Phi) is 6.82. The van der Waals surface area contributed by atoms with Crippen LogP contribution in [-0.2, 0) is 11.0 Å². The molecule has 0 heterocycles. The zero-order valence-electron chi connectivity index (χ0n) is 17.6. The number of nitrogens with zero attached hydrogens (tertiary/aromatic N) is 1. The summed E-state index contributed by atoms with van der Waals surface area (Å²) in [6.45, 7) is 0.303. The van der Waals surface area contributed by atoms with Crippen molar-refractivity contribution in [1.29, 1.82) is 5.26 Å². The lowest BCUT2D eigenvalue weighted by Gasteiger charge is -2.44. The molecule has 4 nitrogen and oxygen atoms in total. The Hall–Kier alpha value is -2.96. The molecule has 178 valence electrons. The molecule has 1 saturated carbocycles. The van der Waals surface area contributed by atoms with Gasteiger partial charge in [-0.05, 0) is 62.1 Å². The minimum Gasteiger partial charge on any atom is -0.385 e. The summed E-state index contributed by atoms with van der Waals surface area (Å²) in [4.78, 5) is 11.5. The number of hydrogen-bond acceptors (Lipinski definition) is 3. The van der Waals surface area contributed by atoms with Crippen molar-refractivity contribution in [3.63, 3.8) is 0 Å². The van der Waals surface area contributed by atoms with Crippen LogP contribution in [-0.4, -0.2) is 18.6 Å². The molecule has 1 fully saturated rings. The number of nitriles is 1. The van der Waals surface area contributed by atoms with Gasteiger partial charge in [0.15, 0.2) is 0 Å². The highest BCUT2D eigenvalue weighted by molar-refractivity contribution is 5.92. The van der Waals surface area contributed by atoms with Crippen molar-refractivity contribution in [2.75, 3.05) is 11.9 Å². The van der Waals surface area contributed by atoms with Gasteiger partial charge in [0.1, 0.15) is 0 Å². The number of hydrogen-bond donors (Lipinski definition) is 2. The minimum absolute atomic E-state index is 0.0183. The molecular weight excluding hydrogens is 448 g/mol. The number of rotatable bonds is 5. The fraction of sp³-hybridized carbons (Fsp3) is 0.478. The molecule has 0 radical (unpaired) electrons. The predicted molar refractivity (Wildman–Crippen MR) is 110 cm³/mol. The zero-order valence-corrected chi connectivity index (χ0v) is 17.6. The minimum atomic E-state index is -4.67. The van der Waals surface area contributed by atoms with Gasteiger partial charge in [0.05, 0.1) is 22.6 Å². The van der Waals surface area contributed by atoms with Crippen LogP contribution in [0.1, 0.15) is 43.2 Å². The smallest absolute Gasteiger partial charge is 0.385 e. The number of allylic oxidation sites excluding steroid dienone is 3. The maximum absolute atomic E-state index is 14.1. The van der Waals surface area contributed by atoms with Crippen LogP contribution in [0, 0.1) is 28.6 Å². The van der Waals surface area contributed by atoms with Crippen molar-refractivity contribution >= 4 is 11.6 Å². The first kappa shape index (κ1) is 24.7. The Labute approximate surface area is 187 Å². The Morgan fingerprint density at radius 1 is 1.15 bits per heavy atom. The normalized spacial score (nSPS) is 25.8. The first-order valence-electron chi connectivity index (χ1n) is 10.5. The lowest BCUT2D eigenvalue weighted by Crippen LogP contribution is -2.46. The number of nitrogens with two attached hydrogens (primary N) is 1. The molecule has 0 saturated heterocycles. The summed E-state index contributed by atoms with van der Waals surface area (Å²) in [7, 11) is 0. The third kappa shape index (κ3) is 5.18. The number of carbonyl (C=O) groups is 1. The van der Waals surface area contributed by atoms with Crippen molar-refractivity contribution in [2.45, 2.75) is 44.5 Å². The van der Waals surface area contributed by atoms with E-state index in [1.165, 1.54) is 24.3 Å². The standard InChI is InChI=1S/C23H23F6N3O/c24-22(25,26)19-10-18(8-5-16(19)12-30)32-13-14-3-6-17(7-4-14)21(23(27,28)29)9-1-2-15(11-21)20(31)33/h1-2,5,8-10,14,17,32H,3-4,6-7,11,13H2,(H2,31,33). The first-order chi connectivity index (χ1) is 15.4. The maximum atomic E-state index is 14.1. The van der Waals surface area contributed by atoms with Crippen molar-refractivity contribution in [2.24, 2.45) is 23.0 Å². The molecule has 0 aromatic heterocycles. The molecule has 0 bridgehead atoms. The van der Waals surface area contributed by atoms with E-state index in [0.29, 0.717) is 19.4 Å². The molecule has 1 atom stereocenters. The Bertz CT molecular complexity index is 997. The molecule has 2 aliphatic carbocycles. The summed E-state index contributed by atoms with van der Waals surface area (Å²) >= 11 is 0. The van der Waals surface area contributed by atoms with Gasteiger partial charge in [0.2, 0.25) is 5.91 Å². The summed E-state index contributed by atoms with van der Waals surface area (Å²) in [5, 5.41) is 11.8. The van der Waals surface area contributed by atoms with E-state index >= 15 is 0 Å². The van der Waals surface area contributed by atoms with Crippen molar-refractivity contribution in [3.05, 3.63) is 53.1 Å². The lowest BCUT2D eigenvalue weighted by atomic mass is 9.62. The Morgan fingerprint density at radius 2 is 1.82 bits per heavy atom. The Balaban J connectivity index is 1.65. The van der Waals surface area contributed by atoms with Gasteiger partial charge in [-0.25, -0.2) is 0 Å². The highest BCUT2D eigenvalue weighted by Gasteiger charge is 2.58. The van der Waals surface area contributed by atoms with Gasteiger partial charge in [-0.15, -0.1) is 0 Å². The fourth-order valence-corrected chi connectivity index (χ4v) is 4.77. The lowest BCUT2D eigenvalue weighted by molar-refractivity contribution is -0.227. The monoisotopic (exact) mass is 471 g/mol. The molecule has 3 N–H and O–H groups in total. The molecule has 2 aliphatic rings. The van der Waals surface area contributed by atoms with Crippen LogP contribution in [0.25, 0.3) is 0 Å². The average Bonchev–Trinajstić information content (AvgIpc) is 2.76. The van der Waals surface area contributed by atoms with Crippen LogP contribution in [0.5, 0.6) is 0 Å². The van der Waals surface area contributed by atoms with E-state index in [9.17, 15) is 31.1 Å². The highest BCUT2D eigenvalue weighted by atomic mass is 19.4. The summed E-state index contributed by atoms with van der Waals surface area (Å²) < 4.78 is 81.8. The van der Waals surface area contributed by atoms with Crippen LogP contribution in [0.2, 0.25) is 0 Å². The van der Waals surface area contributed by atoms with Gasteiger partial charge in [-0.3, -0.25) is 4.79 Å². The SMILES string of the molecule is N#Cc1ccc(NCC2CCC(C3(C(F)(F)F)C=CC=C(C(N)=O)C3)CC2)cc1C(F)(F)F. The third-order valence-electron chi connectivity index (χ3n) is 6.63. The van der Waals surface area contributed by atoms with Gasteiger partial charge in [0.25, 0.3) is 0 Å². The highest BCUT2D eigenvalue weighted by Crippen LogP contribution is 2.55. The van der Waals surface area contributed by atoms with Gasteiger partial charge >= 0.3 is 12.4 Å². The third-order valence-corrected chi connectivity index (χ3v) is 6.63. The molecular formula is C23H23F6N3O. The number of halogens is 6. The van der Waals surface area contributed by atoms with Gasteiger partial charge in [-0.1, -0.05) is 18.2 Å². The topological polar surface area (TPSA) is 78.9 Å². The quantitative estimate of drug-likeness (QED) is 0.540. The van der Waals surface area contributed by atoms with Crippen molar-refractivity contribution < 1.29 is 31.1 Å². The largest absolute Gasteiger partial charge is 0.417 e. The summed E-state index contributed by atoms with van der Waals surface area (Å²) in [5.41, 5.74) is 1.71. The van der Waals surface area contributed by atoms with E-state index in [0.717, 1.165) is 18.2 Å². The first-order valence-corrected chi connectivity index (χ1v) is 10.5. The van der Waals surface area contributed by atoms with E-state index in [1.54, 1.807) is 0 Å². The molecule has 1 amide bonds. The molecule has 3 rings (SSSR count). The van der Waals surface area contributed by atoms with Crippen molar-refractivity contribution in [1.82, 2.24) is 0 Å². The average molecular weight is 471 g/mol. The fourth-order valence-electron chi connectivity index (χ4n) is 4.77. The second-order valence-electron chi connectivity index (χ2n) is 8.60. The van der Waals surface area contributed by atoms with Crippen LogP contribution in [0.15, 0.2) is 42.0 Å². The van der Waals surface area contributed by atoms with E-state index in [2.05, 4.69) is 5.32 Å². The molecule has 0 spiro atoms. The summed E-state index contributed by atoms with van der Waals surface area (Å²) in [6.07, 6.45) is -4.57. The second-order valence-corrected chi connectivity index (χ2v) is 8.60. The molecule has 10 heteroatoms. The Morgan fingerprint density at radius 3 is 2.36 bits per heavy atom. The number of anilines is 1. The van der Waals surface area contributed by atoms with Gasteiger partial charge < -0.3 is 11.1 Å². The van der Waals surface area contributed by atoms with E-state index in [-0.39, 0.29) is 30.0 Å². The van der Waals surface area contributed by atoms with E-state index in [4.69, 9.17) is 11.0 Å². The second kappa shape index (κ2) is 9.12. The van der Waals surface area contributed by atoms with Crippen LogP contribution >= 0.6 is 0 Å². The molecule has 0 aliphatic heterocycles. The number of carbonyl (C=O) groups excluding carboxylic acids is 1. The summed E-state index contributed by atoms with van der Waals surface area (Å²) in [5.74, 6) is -1.61. The summed E-state index contributed by atoms with van der Waals surface area (Å²) in [6, 6.07) is 4.86.